The first-order chi connectivity index (χ1) is 18.7. The lowest BCUT2D eigenvalue weighted by Gasteiger charge is -2.42. The van der Waals surface area contributed by atoms with E-state index in [1.165, 1.54) is 17.3 Å². The van der Waals surface area contributed by atoms with Crippen LogP contribution in [0.5, 0.6) is 0 Å². The van der Waals surface area contributed by atoms with Gasteiger partial charge in [-0.05, 0) is 60.9 Å². The van der Waals surface area contributed by atoms with Gasteiger partial charge < -0.3 is 27.4 Å². The van der Waals surface area contributed by atoms with E-state index in [0.29, 0.717) is 22.3 Å². The number of hydrogen-bond donors (Lipinski definition) is 4. The maximum Gasteiger partial charge on any atom is 0.296 e. The van der Waals surface area contributed by atoms with Gasteiger partial charge in [0, 0.05) is 42.1 Å². The number of aromatic nitrogens is 3. The number of nitrogens with one attached hydrogen (secondary N) is 1. The molecule has 3 heterocycles. The molecule has 0 saturated carbocycles. The summed E-state index contributed by atoms with van der Waals surface area (Å²) in [6, 6.07) is 7.62. The molecule has 0 bridgehead atoms. The zero-order valence-electron chi connectivity index (χ0n) is 21.3. The Morgan fingerprint density at radius 1 is 1.23 bits per heavy atom. The van der Waals surface area contributed by atoms with Gasteiger partial charge >= 0.3 is 0 Å². The molecule has 1 aromatic carbocycles. The van der Waals surface area contributed by atoms with Crippen molar-refractivity contribution in [2.24, 2.45) is 11.1 Å². The highest BCUT2D eigenvalue weighted by atomic mass is 35.5. The lowest BCUT2D eigenvalue weighted by atomic mass is 9.73. The minimum absolute atomic E-state index is 0.0312. The molecule has 7 N–H and O–H groups in total. The lowest BCUT2D eigenvalue weighted by molar-refractivity contribution is -0.115. The highest BCUT2D eigenvalue weighted by molar-refractivity contribution is 7.99. The predicted molar refractivity (Wildman–Crippen MR) is 156 cm³/mol. The predicted octanol–water partition coefficient (Wildman–Crippen LogP) is 3.82. The van der Waals surface area contributed by atoms with Crippen molar-refractivity contribution >= 4 is 58.3 Å². The quantitative estimate of drug-likeness (QED) is 0.266. The molecular weight excluding hydrogens is 555 g/mol. The zero-order chi connectivity index (χ0) is 27.7. The van der Waals surface area contributed by atoms with E-state index < -0.39 is 0 Å². The molecule has 2 aromatic heterocycles. The summed E-state index contributed by atoms with van der Waals surface area (Å²) in [6.07, 6.45) is 4.46. The lowest BCUT2D eigenvalue weighted by Crippen LogP contribution is -2.44. The highest BCUT2D eigenvalue weighted by Gasteiger charge is 2.46. The van der Waals surface area contributed by atoms with Crippen LogP contribution in [0.1, 0.15) is 42.5 Å². The van der Waals surface area contributed by atoms with E-state index in [2.05, 4.69) is 43.1 Å². The Hall–Kier alpha value is -3.23. The SMILES string of the molecule is CCNC(=O)C#Cc1ccc2c(c1)[C@@H](N)C1(CCN(c3cnc(Sc4cc(N)nc(Cl)c4Cl)c(N)n3)CC1)C2. The number of fused-ring (bicyclic) bond motifs is 1. The number of carbonyl (C=O) groups excluding carboxylic acids is 1. The largest absolute Gasteiger partial charge is 0.384 e. The van der Waals surface area contributed by atoms with E-state index in [9.17, 15) is 4.79 Å². The van der Waals surface area contributed by atoms with Gasteiger partial charge in [0.1, 0.15) is 16.7 Å². The number of nitrogen functional groups attached to an aromatic ring is 2. The highest BCUT2D eigenvalue weighted by Crippen LogP contribution is 2.51. The molecule has 1 spiro atoms. The Labute approximate surface area is 241 Å². The van der Waals surface area contributed by atoms with Gasteiger partial charge in [0.25, 0.3) is 5.91 Å². The van der Waals surface area contributed by atoms with E-state index in [-0.39, 0.29) is 33.4 Å². The smallest absolute Gasteiger partial charge is 0.296 e. The molecule has 1 amide bonds. The number of rotatable bonds is 4. The van der Waals surface area contributed by atoms with E-state index in [4.69, 9.17) is 40.4 Å². The third-order valence-electron chi connectivity index (χ3n) is 7.29. The molecule has 1 saturated heterocycles. The van der Waals surface area contributed by atoms with Crippen molar-refractivity contribution < 1.29 is 4.79 Å². The van der Waals surface area contributed by atoms with E-state index in [1.54, 1.807) is 12.3 Å². The van der Waals surface area contributed by atoms with Gasteiger partial charge in [0.05, 0.1) is 11.2 Å². The van der Waals surface area contributed by atoms with E-state index >= 15 is 0 Å². The van der Waals surface area contributed by atoms with Crippen LogP contribution in [0.15, 0.2) is 40.4 Å². The fraction of sp³-hybridized carbons (Fsp3) is 0.333. The van der Waals surface area contributed by atoms with E-state index in [0.717, 1.165) is 49.3 Å². The molecule has 39 heavy (non-hydrogen) atoms. The van der Waals surface area contributed by atoms with Crippen LogP contribution in [0.4, 0.5) is 17.5 Å². The van der Waals surface area contributed by atoms with Gasteiger partial charge in [0.15, 0.2) is 11.0 Å². The number of benzene rings is 1. The van der Waals surface area contributed by atoms with Crippen molar-refractivity contribution in [2.45, 2.75) is 42.1 Å². The molecule has 0 unspecified atom stereocenters. The van der Waals surface area contributed by atoms with Gasteiger partial charge in [-0.15, -0.1) is 0 Å². The number of carbonyl (C=O) groups is 1. The first-order valence-corrected chi connectivity index (χ1v) is 14.1. The van der Waals surface area contributed by atoms with Crippen LogP contribution in [0.3, 0.4) is 0 Å². The Morgan fingerprint density at radius 2 is 2.00 bits per heavy atom. The number of anilines is 3. The van der Waals surface area contributed by atoms with Crippen LogP contribution in [0, 0.1) is 17.3 Å². The number of piperidine rings is 1. The number of halogens is 2. The summed E-state index contributed by atoms with van der Waals surface area (Å²) in [5, 5.41) is 3.61. The Morgan fingerprint density at radius 3 is 2.72 bits per heavy atom. The summed E-state index contributed by atoms with van der Waals surface area (Å²) in [7, 11) is 0. The molecule has 202 valence electrons. The third-order valence-corrected chi connectivity index (χ3v) is 9.20. The van der Waals surface area contributed by atoms with Crippen LogP contribution in [-0.4, -0.2) is 40.5 Å². The fourth-order valence-corrected chi connectivity index (χ4v) is 6.53. The summed E-state index contributed by atoms with van der Waals surface area (Å²) in [5.41, 5.74) is 22.0. The van der Waals surface area contributed by atoms with Crippen molar-refractivity contribution in [3.8, 4) is 11.8 Å². The number of nitrogens with two attached hydrogens (primary N) is 3. The Balaban J connectivity index is 1.26. The Kier molecular flexibility index (Phi) is 7.78. The van der Waals surface area contributed by atoms with Gasteiger partial charge in [-0.2, -0.15) is 0 Å². The normalized spacial score (nSPS) is 17.4. The van der Waals surface area contributed by atoms with Gasteiger partial charge in [-0.25, -0.2) is 15.0 Å². The number of nitrogens with zero attached hydrogens (tertiary/aromatic N) is 4. The standard InChI is InChI=1S/C27H28Cl2N8OS/c1-2-33-21(38)6-4-15-3-5-16-13-27(23(31)17(16)11-15)7-9-37(10-8-27)20-14-34-26(25(32)36-20)39-18-12-19(30)35-24(29)22(18)28/h3,5,11-12,14,23H,2,7-10,13,31H2,1H3,(H2,30,35)(H2,32,36)(H,33,38)/t23-/m1/s1. The second-order valence-corrected chi connectivity index (χ2v) is 11.5. The molecule has 12 heteroatoms. The number of pyridine rings is 1. The molecule has 1 aliphatic carbocycles. The van der Waals surface area contributed by atoms with Gasteiger partial charge in [-0.3, -0.25) is 4.79 Å². The fourth-order valence-electron chi connectivity index (χ4n) is 5.23. The molecule has 9 nitrogen and oxygen atoms in total. The summed E-state index contributed by atoms with van der Waals surface area (Å²) >= 11 is 13.6. The van der Waals surface area contributed by atoms with Crippen LogP contribution >= 0.6 is 35.0 Å². The molecule has 1 aliphatic heterocycles. The van der Waals surface area contributed by atoms with Crippen molar-refractivity contribution in [2.75, 3.05) is 36.0 Å². The molecular formula is C27H28Cl2N8OS. The van der Waals surface area contributed by atoms with Gasteiger partial charge in [-0.1, -0.05) is 47.0 Å². The first kappa shape index (κ1) is 27.3. The minimum atomic E-state index is -0.281. The third kappa shape index (κ3) is 5.58. The average Bonchev–Trinajstić information content (AvgIpc) is 3.17. The van der Waals surface area contributed by atoms with Crippen LogP contribution in [0.25, 0.3) is 0 Å². The summed E-state index contributed by atoms with van der Waals surface area (Å²) in [4.78, 5) is 27.6. The van der Waals surface area contributed by atoms with Crippen LogP contribution < -0.4 is 27.4 Å². The molecule has 1 atom stereocenters. The molecule has 0 radical (unpaired) electrons. The number of amides is 1. The first-order valence-electron chi connectivity index (χ1n) is 12.5. The van der Waals surface area contributed by atoms with Crippen molar-refractivity contribution in [1.29, 1.82) is 0 Å². The number of hydrogen-bond acceptors (Lipinski definition) is 9. The zero-order valence-corrected chi connectivity index (χ0v) is 23.6. The van der Waals surface area contributed by atoms with E-state index in [1.807, 2.05) is 19.1 Å². The maximum atomic E-state index is 11.7. The topological polar surface area (TPSA) is 149 Å². The summed E-state index contributed by atoms with van der Waals surface area (Å²) in [6.45, 7) is 3.99. The monoisotopic (exact) mass is 582 g/mol. The second-order valence-electron chi connectivity index (χ2n) is 9.70. The molecule has 3 aromatic rings. The Bertz CT molecular complexity index is 1500. The van der Waals surface area contributed by atoms with Crippen LogP contribution in [0.2, 0.25) is 10.2 Å². The van der Waals surface area contributed by atoms with Crippen molar-refractivity contribution in [3.63, 3.8) is 0 Å². The summed E-state index contributed by atoms with van der Waals surface area (Å²) < 4.78 is 0. The minimum Gasteiger partial charge on any atom is -0.384 e. The molecule has 1 fully saturated rings. The van der Waals surface area contributed by atoms with Gasteiger partial charge in [0.2, 0.25) is 0 Å². The second kappa shape index (κ2) is 11.1. The molecule has 5 rings (SSSR count). The summed E-state index contributed by atoms with van der Waals surface area (Å²) in [5.74, 6) is 6.59. The van der Waals surface area contributed by atoms with Crippen molar-refractivity contribution in [1.82, 2.24) is 20.3 Å². The van der Waals surface area contributed by atoms with Crippen LogP contribution in [-0.2, 0) is 11.2 Å². The maximum absolute atomic E-state index is 11.7. The average molecular weight is 584 g/mol. The van der Waals surface area contributed by atoms with Crippen molar-refractivity contribution in [3.05, 3.63) is 57.3 Å². The molecule has 2 aliphatic rings.